The van der Waals surface area contributed by atoms with Gasteiger partial charge >= 0.3 is 0 Å². The number of benzene rings is 1. The van der Waals surface area contributed by atoms with Gasteiger partial charge in [-0.2, -0.15) is 0 Å². The molecule has 18 heavy (non-hydrogen) atoms. The molecule has 1 saturated heterocycles. The highest BCUT2D eigenvalue weighted by Crippen LogP contribution is 2.25. The lowest BCUT2D eigenvalue weighted by Gasteiger charge is -2.35. The molecule has 2 unspecified atom stereocenters. The molecule has 3 nitrogen and oxygen atoms in total. The van der Waals surface area contributed by atoms with Crippen molar-refractivity contribution in [3.63, 3.8) is 0 Å². The maximum absolute atomic E-state index is 12.5. The van der Waals surface area contributed by atoms with Crippen LogP contribution in [0.2, 0.25) is 0 Å². The molecular formula is C13H16Br2N2O. The lowest BCUT2D eigenvalue weighted by atomic mass is 9.94. The zero-order chi connectivity index (χ0) is 13.3. The van der Waals surface area contributed by atoms with Crippen LogP contribution in [0, 0.1) is 5.92 Å². The van der Waals surface area contributed by atoms with Crippen molar-refractivity contribution in [2.75, 3.05) is 13.1 Å². The number of carbonyl (C=O) groups is 1. The first-order chi connectivity index (χ1) is 8.49. The van der Waals surface area contributed by atoms with E-state index >= 15 is 0 Å². The number of rotatable bonds is 1. The lowest BCUT2D eigenvalue weighted by Crippen LogP contribution is -2.48. The van der Waals surface area contributed by atoms with Gasteiger partial charge in [0.2, 0.25) is 0 Å². The Kier molecular flexibility index (Phi) is 4.45. The van der Waals surface area contributed by atoms with Crippen molar-refractivity contribution in [2.45, 2.75) is 19.4 Å². The molecule has 1 amide bonds. The van der Waals surface area contributed by atoms with Crippen molar-refractivity contribution in [3.8, 4) is 0 Å². The van der Waals surface area contributed by atoms with E-state index in [9.17, 15) is 4.79 Å². The Balaban J connectivity index is 2.19. The summed E-state index contributed by atoms with van der Waals surface area (Å²) in [6.45, 7) is 3.57. The van der Waals surface area contributed by atoms with Crippen LogP contribution in [0.4, 0.5) is 0 Å². The first-order valence-electron chi connectivity index (χ1n) is 5.99. The molecule has 0 aromatic heterocycles. The Hall–Kier alpha value is -0.390. The summed E-state index contributed by atoms with van der Waals surface area (Å²) in [5, 5.41) is 0. The molecule has 0 aliphatic carbocycles. The van der Waals surface area contributed by atoms with E-state index in [0.717, 1.165) is 28.5 Å². The van der Waals surface area contributed by atoms with Crippen molar-refractivity contribution in [3.05, 3.63) is 32.7 Å². The van der Waals surface area contributed by atoms with Gasteiger partial charge in [-0.25, -0.2) is 0 Å². The summed E-state index contributed by atoms with van der Waals surface area (Å²) < 4.78 is 1.74. The number of piperidine rings is 1. The molecule has 98 valence electrons. The first-order valence-corrected chi connectivity index (χ1v) is 7.57. The third kappa shape index (κ3) is 2.95. The second-order valence-electron chi connectivity index (χ2n) is 4.81. The highest BCUT2D eigenvalue weighted by atomic mass is 79.9. The lowest BCUT2D eigenvalue weighted by molar-refractivity contribution is 0.0663. The average molecular weight is 376 g/mol. The number of hydrogen-bond donors (Lipinski definition) is 1. The molecule has 1 aliphatic heterocycles. The van der Waals surface area contributed by atoms with Gasteiger partial charge in [0.25, 0.3) is 5.91 Å². The predicted octanol–water partition coefficient (Wildman–Crippen LogP) is 3.02. The van der Waals surface area contributed by atoms with Gasteiger partial charge in [0.15, 0.2) is 0 Å². The molecule has 0 radical (unpaired) electrons. The third-order valence-electron chi connectivity index (χ3n) is 3.42. The molecular weight excluding hydrogens is 360 g/mol. The number of halogens is 2. The number of nitrogens with two attached hydrogens (primary N) is 1. The van der Waals surface area contributed by atoms with Crippen molar-refractivity contribution in [1.29, 1.82) is 0 Å². The minimum Gasteiger partial charge on any atom is -0.338 e. The largest absolute Gasteiger partial charge is 0.338 e. The topological polar surface area (TPSA) is 46.3 Å². The van der Waals surface area contributed by atoms with Gasteiger partial charge in [-0.15, -0.1) is 0 Å². The molecule has 1 heterocycles. The summed E-state index contributed by atoms with van der Waals surface area (Å²) in [6, 6.07) is 5.86. The van der Waals surface area contributed by atoms with Crippen molar-refractivity contribution >= 4 is 37.8 Å². The minimum atomic E-state index is 0.0712. The van der Waals surface area contributed by atoms with Gasteiger partial charge in [-0.05, 0) is 46.5 Å². The number of likely N-dealkylation sites (tertiary alicyclic amines) is 1. The summed E-state index contributed by atoms with van der Waals surface area (Å²) in [7, 11) is 0. The summed E-state index contributed by atoms with van der Waals surface area (Å²) in [4.78, 5) is 14.3. The Morgan fingerprint density at radius 2 is 2.17 bits per heavy atom. The van der Waals surface area contributed by atoms with Gasteiger partial charge in [-0.1, -0.05) is 22.9 Å². The second-order valence-corrected chi connectivity index (χ2v) is 6.58. The monoisotopic (exact) mass is 374 g/mol. The van der Waals surface area contributed by atoms with Gasteiger partial charge in [0.05, 0.1) is 5.56 Å². The minimum absolute atomic E-state index is 0.0712. The molecule has 2 rings (SSSR count). The highest BCUT2D eigenvalue weighted by Gasteiger charge is 2.27. The first kappa shape index (κ1) is 14.0. The van der Waals surface area contributed by atoms with Gasteiger partial charge in [0, 0.05) is 28.1 Å². The maximum atomic E-state index is 12.5. The molecule has 2 atom stereocenters. The Bertz CT molecular complexity index is 464. The SMILES string of the molecule is CC1CN(C(=O)c2cc(Br)ccc2Br)CCC1N. The maximum Gasteiger partial charge on any atom is 0.255 e. The van der Waals surface area contributed by atoms with E-state index in [1.54, 1.807) is 0 Å². The molecule has 5 heteroatoms. The van der Waals surface area contributed by atoms with Crippen LogP contribution in [0.15, 0.2) is 27.1 Å². The smallest absolute Gasteiger partial charge is 0.255 e. The van der Waals surface area contributed by atoms with E-state index in [1.807, 2.05) is 23.1 Å². The number of hydrogen-bond acceptors (Lipinski definition) is 2. The number of carbonyl (C=O) groups excluding carboxylic acids is 1. The standard InChI is InChI=1S/C13H16Br2N2O/c1-8-7-17(5-4-12(8)16)13(18)10-6-9(14)2-3-11(10)15/h2-3,6,8,12H,4-5,7,16H2,1H3. The molecule has 1 aliphatic rings. The van der Waals surface area contributed by atoms with E-state index in [1.165, 1.54) is 0 Å². The van der Waals surface area contributed by atoms with E-state index in [-0.39, 0.29) is 11.9 Å². The van der Waals surface area contributed by atoms with E-state index < -0.39 is 0 Å². The number of amides is 1. The third-order valence-corrected chi connectivity index (χ3v) is 4.60. The average Bonchev–Trinajstić information content (AvgIpc) is 2.35. The molecule has 1 aromatic carbocycles. The molecule has 0 saturated carbocycles. The quantitative estimate of drug-likeness (QED) is 0.819. The van der Waals surface area contributed by atoms with Gasteiger partial charge in [0.1, 0.15) is 0 Å². The fraction of sp³-hybridized carbons (Fsp3) is 0.462. The van der Waals surface area contributed by atoms with E-state index in [2.05, 4.69) is 38.8 Å². The van der Waals surface area contributed by atoms with Gasteiger partial charge < -0.3 is 10.6 Å². The molecule has 0 spiro atoms. The zero-order valence-electron chi connectivity index (χ0n) is 10.2. The highest BCUT2D eigenvalue weighted by molar-refractivity contribution is 9.11. The van der Waals surface area contributed by atoms with Crippen molar-refractivity contribution in [1.82, 2.24) is 4.90 Å². The van der Waals surface area contributed by atoms with Crippen molar-refractivity contribution in [2.24, 2.45) is 11.7 Å². The van der Waals surface area contributed by atoms with E-state index in [0.29, 0.717) is 11.5 Å². The second kappa shape index (κ2) is 5.72. The Morgan fingerprint density at radius 1 is 1.44 bits per heavy atom. The Morgan fingerprint density at radius 3 is 2.83 bits per heavy atom. The van der Waals surface area contributed by atoms with Crippen LogP contribution in [-0.2, 0) is 0 Å². The Labute approximate surface area is 124 Å². The normalized spacial score (nSPS) is 24.1. The summed E-state index contributed by atoms with van der Waals surface area (Å²) >= 11 is 6.83. The summed E-state index contributed by atoms with van der Waals surface area (Å²) in [5.74, 6) is 0.426. The van der Waals surface area contributed by atoms with Crippen LogP contribution in [-0.4, -0.2) is 29.9 Å². The van der Waals surface area contributed by atoms with Crippen LogP contribution in [0.5, 0.6) is 0 Å². The molecule has 1 aromatic rings. The van der Waals surface area contributed by atoms with Gasteiger partial charge in [-0.3, -0.25) is 4.79 Å². The van der Waals surface area contributed by atoms with Crippen LogP contribution in [0.25, 0.3) is 0 Å². The summed E-state index contributed by atoms with van der Waals surface area (Å²) in [6.07, 6.45) is 0.874. The predicted molar refractivity (Wildman–Crippen MR) is 79.5 cm³/mol. The van der Waals surface area contributed by atoms with Crippen LogP contribution >= 0.6 is 31.9 Å². The molecule has 2 N–H and O–H groups in total. The zero-order valence-corrected chi connectivity index (χ0v) is 13.4. The fourth-order valence-electron chi connectivity index (χ4n) is 2.18. The molecule has 0 bridgehead atoms. The van der Waals surface area contributed by atoms with Crippen molar-refractivity contribution < 1.29 is 4.79 Å². The van der Waals surface area contributed by atoms with E-state index in [4.69, 9.17) is 5.73 Å². The van der Waals surface area contributed by atoms with Crippen LogP contribution < -0.4 is 5.73 Å². The molecule has 1 fully saturated rings. The number of nitrogens with zero attached hydrogens (tertiary/aromatic N) is 1. The summed E-state index contributed by atoms with van der Waals surface area (Å²) in [5.41, 5.74) is 6.68. The fourth-order valence-corrected chi connectivity index (χ4v) is 2.96. The van der Waals surface area contributed by atoms with Crippen LogP contribution in [0.3, 0.4) is 0 Å². The van der Waals surface area contributed by atoms with Crippen LogP contribution in [0.1, 0.15) is 23.7 Å².